The lowest BCUT2D eigenvalue weighted by molar-refractivity contribution is 0.692. The summed E-state index contributed by atoms with van der Waals surface area (Å²) in [7, 11) is 2.05. The Morgan fingerprint density at radius 3 is 2.47 bits per heavy atom. The maximum absolute atomic E-state index is 4.39. The zero-order valence-corrected chi connectivity index (χ0v) is 11.2. The van der Waals surface area contributed by atoms with Crippen LogP contribution in [0.5, 0.6) is 0 Å². The molecule has 1 N–H and O–H groups in total. The third-order valence-corrected chi connectivity index (χ3v) is 2.71. The van der Waals surface area contributed by atoms with E-state index in [1.807, 2.05) is 12.4 Å². The normalized spacial score (nSPS) is 10.5. The van der Waals surface area contributed by atoms with Gasteiger partial charge in [-0.3, -0.25) is 0 Å². The van der Waals surface area contributed by atoms with Crippen molar-refractivity contribution < 1.29 is 0 Å². The highest BCUT2D eigenvalue weighted by atomic mass is 15.2. The molecule has 0 unspecified atom stereocenters. The van der Waals surface area contributed by atoms with Gasteiger partial charge in [0.15, 0.2) is 0 Å². The minimum atomic E-state index is 0.821. The van der Waals surface area contributed by atoms with E-state index < -0.39 is 0 Å². The Morgan fingerprint density at radius 1 is 1.18 bits per heavy atom. The zero-order chi connectivity index (χ0) is 12.5. The van der Waals surface area contributed by atoms with E-state index in [9.17, 15) is 0 Å². The van der Waals surface area contributed by atoms with Crippen LogP contribution in [-0.4, -0.2) is 30.1 Å². The quantitative estimate of drug-likeness (QED) is 0.703. The molecule has 0 atom stereocenters. The fourth-order valence-corrected chi connectivity index (χ4v) is 1.60. The molecular formula is C13H24N4. The van der Waals surface area contributed by atoms with Crippen LogP contribution in [0.1, 0.15) is 38.7 Å². The number of unbranched alkanes of at least 4 members (excludes halogenated alkanes) is 2. The van der Waals surface area contributed by atoms with Crippen LogP contribution >= 0.6 is 0 Å². The average molecular weight is 236 g/mol. The predicted molar refractivity (Wildman–Crippen MR) is 72.2 cm³/mol. The summed E-state index contributed by atoms with van der Waals surface area (Å²) < 4.78 is 0. The van der Waals surface area contributed by atoms with Crippen molar-refractivity contribution in [2.75, 3.05) is 25.0 Å². The van der Waals surface area contributed by atoms with Crippen LogP contribution in [0.25, 0.3) is 0 Å². The summed E-state index contributed by atoms with van der Waals surface area (Å²) in [6, 6.07) is 0. The van der Waals surface area contributed by atoms with Crippen molar-refractivity contribution in [1.82, 2.24) is 15.3 Å². The molecule has 0 spiro atoms. The van der Waals surface area contributed by atoms with Crippen LogP contribution in [0, 0.1) is 0 Å². The Hall–Kier alpha value is -1.16. The van der Waals surface area contributed by atoms with Gasteiger partial charge in [0.1, 0.15) is 0 Å². The molecule has 17 heavy (non-hydrogen) atoms. The van der Waals surface area contributed by atoms with E-state index in [0.29, 0.717) is 0 Å². The monoisotopic (exact) mass is 236 g/mol. The lowest BCUT2D eigenvalue weighted by Crippen LogP contribution is -2.21. The van der Waals surface area contributed by atoms with Gasteiger partial charge in [0.2, 0.25) is 5.95 Å². The molecule has 1 heterocycles. The highest BCUT2D eigenvalue weighted by molar-refractivity contribution is 5.28. The lowest BCUT2D eigenvalue weighted by atomic mass is 10.2. The molecule has 0 aliphatic carbocycles. The van der Waals surface area contributed by atoms with Crippen molar-refractivity contribution in [3.8, 4) is 0 Å². The van der Waals surface area contributed by atoms with Crippen molar-refractivity contribution in [1.29, 1.82) is 0 Å². The molecule has 0 aromatic carbocycles. The summed E-state index contributed by atoms with van der Waals surface area (Å²) in [5, 5.41) is 3.26. The minimum absolute atomic E-state index is 0.821. The molecular weight excluding hydrogens is 212 g/mol. The summed E-state index contributed by atoms with van der Waals surface area (Å²) in [5.74, 6) is 0.821. The third-order valence-electron chi connectivity index (χ3n) is 2.71. The molecule has 1 aromatic heterocycles. The van der Waals surface area contributed by atoms with Crippen molar-refractivity contribution >= 4 is 5.95 Å². The van der Waals surface area contributed by atoms with Crippen molar-refractivity contribution in [3.05, 3.63) is 18.0 Å². The molecule has 1 rings (SSSR count). The summed E-state index contributed by atoms with van der Waals surface area (Å²) in [4.78, 5) is 10.9. The number of anilines is 1. The second-order valence-corrected chi connectivity index (χ2v) is 4.30. The van der Waals surface area contributed by atoms with Crippen molar-refractivity contribution in [2.24, 2.45) is 0 Å². The number of nitrogens with zero attached hydrogens (tertiary/aromatic N) is 3. The first-order valence-electron chi connectivity index (χ1n) is 6.50. The van der Waals surface area contributed by atoms with Crippen LogP contribution in [-0.2, 0) is 6.54 Å². The van der Waals surface area contributed by atoms with E-state index in [0.717, 1.165) is 31.1 Å². The predicted octanol–water partition coefficient (Wildman–Crippen LogP) is 2.21. The van der Waals surface area contributed by atoms with Gasteiger partial charge in [-0.1, -0.05) is 26.7 Å². The molecule has 0 amide bonds. The summed E-state index contributed by atoms with van der Waals surface area (Å²) in [5.41, 5.74) is 1.14. The number of hydrogen-bond donors (Lipinski definition) is 1. The van der Waals surface area contributed by atoms with Crippen LogP contribution in [0.3, 0.4) is 0 Å². The Bertz CT molecular complexity index is 297. The summed E-state index contributed by atoms with van der Waals surface area (Å²) >= 11 is 0. The molecule has 0 fully saturated rings. The fourth-order valence-electron chi connectivity index (χ4n) is 1.60. The Balaban J connectivity index is 2.43. The third kappa shape index (κ3) is 5.13. The van der Waals surface area contributed by atoms with Crippen molar-refractivity contribution in [2.45, 2.75) is 39.7 Å². The molecule has 0 saturated carbocycles. The van der Waals surface area contributed by atoms with Crippen molar-refractivity contribution in [3.63, 3.8) is 0 Å². The molecule has 1 aromatic rings. The van der Waals surface area contributed by atoms with E-state index in [1.165, 1.54) is 19.3 Å². The van der Waals surface area contributed by atoms with Crippen LogP contribution < -0.4 is 10.2 Å². The average Bonchev–Trinajstić information content (AvgIpc) is 2.37. The van der Waals surface area contributed by atoms with E-state index in [-0.39, 0.29) is 0 Å². The van der Waals surface area contributed by atoms with Gasteiger partial charge in [-0.25, -0.2) is 9.97 Å². The topological polar surface area (TPSA) is 41.1 Å². The first kappa shape index (κ1) is 13.9. The fraction of sp³-hybridized carbons (Fsp3) is 0.692. The van der Waals surface area contributed by atoms with E-state index in [2.05, 4.69) is 41.1 Å². The Morgan fingerprint density at radius 2 is 1.88 bits per heavy atom. The molecule has 0 aliphatic rings. The van der Waals surface area contributed by atoms with Gasteiger partial charge >= 0.3 is 0 Å². The van der Waals surface area contributed by atoms with Gasteiger partial charge in [0.05, 0.1) is 0 Å². The maximum Gasteiger partial charge on any atom is 0.224 e. The molecule has 4 nitrogen and oxygen atoms in total. The van der Waals surface area contributed by atoms with Crippen LogP contribution in [0.15, 0.2) is 12.4 Å². The molecule has 96 valence electrons. The van der Waals surface area contributed by atoms with Gasteiger partial charge < -0.3 is 10.2 Å². The molecule has 0 radical (unpaired) electrons. The first-order chi connectivity index (χ1) is 8.27. The van der Waals surface area contributed by atoms with E-state index >= 15 is 0 Å². The SMILES string of the molecule is CCCCCN(C)c1ncc(CNCC)cn1. The summed E-state index contributed by atoms with van der Waals surface area (Å²) in [6.07, 6.45) is 7.53. The van der Waals surface area contributed by atoms with Gasteiger partial charge in [0.25, 0.3) is 0 Å². The summed E-state index contributed by atoms with van der Waals surface area (Å²) in [6.45, 7) is 7.15. The molecule has 4 heteroatoms. The molecule has 0 aliphatic heterocycles. The van der Waals surface area contributed by atoms with E-state index in [4.69, 9.17) is 0 Å². The van der Waals surface area contributed by atoms with Gasteiger partial charge in [-0.15, -0.1) is 0 Å². The minimum Gasteiger partial charge on any atom is -0.344 e. The lowest BCUT2D eigenvalue weighted by Gasteiger charge is -2.16. The number of rotatable bonds is 8. The molecule has 0 saturated heterocycles. The van der Waals surface area contributed by atoms with Crippen LogP contribution in [0.4, 0.5) is 5.95 Å². The largest absolute Gasteiger partial charge is 0.344 e. The van der Waals surface area contributed by atoms with Crippen LogP contribution in [0.2, 0.25) is 0 Å². The highest BCUT2D eigenvalue weighted by Crippen LogP contribution is 2.06. The number of hydrogen-bond acceptors (Lipinski definition) is 4. The maximum atomic E-state index is 4.39. The second-order valence-electron chi connectivity index (χ2n) is 4.30. The Kier molecular flexibility index (Phi) is 6.55. The molecule has 0 bridgehead atoms. The highest BCUT2D eigenvalue weighted by Gasteiger charge is 2.03. The zero-order valence-electron chi connectivity index (χ0n) is 11.2. The number of nitrogens with one attached hydrogen (secondary N) is 1. The standard InChI is InChI=1S/C13H24N4/c1-4-6-7-8-17(3)13-15-10-12(11-16-13)9-14-5-2/h10-11,14H,4-9H2,1-3H3. The number of aromatic nitrogens is 2. The van der Waals surface area contributed by atoms with Gasteiger partial charge in [-0.2, -0.15) is 0 Å². The Labute approximate surface area is 104 Å². The van der Waals surface area contributed by atoms with Gasteiger partial charge in [0, 0.05) is 38.1 Å². The smallest absolute Gasteiger partial charge is 0.224 e. The second kappa shape index (κ2) is 8.01. The van der Waals surface area contributed by atoms with Gasteiger partial charge in [-0.05, 0) is 13.0 Å². The van der Waals surface area contributed by atoms with E-state index in [1.54, 1.807) is 0 Å². The first-order valence-corrected chi connectivity index (χ1v) is 6.50.